The maximum Gasteiger partial charge on any atom is 0.417 e. The van der Waals surface area contributed by atoms with Crippen LogP contribution in [-0.2, 0) is 6.18 Å². The molecule has 4 aromatic heterocycles. The van der Waals surface area contributed by atoms with Gasteiger partial charge in [0.2, 0.25) is 0 Å². The summed E-state index contributed by atoms with van der Waals surface area (Å²) in [7, 11) is 0. The second kappa shape index (κ2) is 16.7. The van der Waals surface area contributed by atoms with E-state index >= 15 is 13.2 Å². The van der Waals surface area contributed by atoms with Gasteiger partial charge in [0.05, 0.1) is 67.0 Å². The molecule has 15 rings (SSSR count). The molecule has 15 aromatic rings. The second-order valence-electron chi connectivity index (χ2n) is 19.9. The van der Waals surface area contributed by atoms with Gasteiger partial charge in [-0.2, -0.15) is 18.4 Å². The molecule has 0 fully saturated rings. The molecule has 0 saturated carbocycles. The molecule has 0 radical (unpaired) electrons. The zero-order valence-corrected chi connectivity index (χ0v) is 41.4. The Morgan fingerprint density at radius 3 is 1.40 bits per heavy atom. The largest absolute Gasteiger partial charge is 0.417 e. The highest BCUT2D eigenvalue weighted by Gasteiger charge is 2.35. The summed E-state index contributed by atoms with van der Waals surface area (Å²) < 4.78 is 55.7. The highest BCUT2D eigenvalue weighted by atomic mass is 19.4. The van der Waals surface area contributed by atoms with Gasteiger partial charge in [0.15, 0.2) is 0 Å². The van der Waals surface area contributed by atoms with Gasteiger partial charge in [-0.15, -0.1) is 0 Å². The van der Waals surface area contributed by atoms with Gasteiger partial charge in [0.1, 0.15) is 0 Å². The lowest BCUT2D eigenvalue weighted by Gasteiger charge is -2.22. The Kier molecular flexibility index (Phi) is 9.63. The first-order chi connectivity index (χ1) is 37.8. The normalized spacial score (nSPS) is 12.1. The van der Waals surface area contributed by atoms with E-state index in [1.165, 1.54) is 12.1 Å². The molecule has 0 aliphatic rings. The van der Waals surface area contributed by atoms with Gasteiger partial charge < -0.3 is 18.3 Å². The molecule has 0 spiro atoms. The number of hydrogen-bond acceptors (Lipinski definition) is 1. The van der Waals surface area contributed by atoms with Crippen molar-refractivity contribution in [2.75, 3.05) is 0 Å². The van der Waals surface area contributed by atoms with Gasteiger partial charge in [-0.3, -0.25) is 0 Å². The molecule has 0 N–H and O–H groups in total. The van der Waals surface area contributed by atoms with Gasteiger partial charge >= 0.3 is 6.18 Å². The maximum absolute atomic E-state index is 15.5. The molecule has 0 bridgehead atoms. The fourth-order valence-corrected chi connectivity index (χ4v) is 12.6. The molecule has 5 nitrogen and oxygen atoms in total. The van der Waals surface area contributed by atoms with E-state index in [0.717, 1.165) is 104 Å². The summed E-state index contributed by atoms with van der Waals surface area (Å²) in [5.74, 6) is 0. The number of benzene rings is 11. The molecule has 0 amide bonds. The van der Waals surface area contributed by atoms with Crippen molar-refractivity contribution in [3.8, 4) is 51.1 Å². The van der Waals surface area contributed by atoms with Gasteiger partial charge in [-0.25, -0.2) is 0 Å². The van der Waals surface area contributed by atoms with Crippen LogP contribution in [-0.4, -0.2) is 18.3 Å². The van der Waals surface area contributed by atoms with Crippen LogP contribution in [0.1, 0.15) is 16.7 Å². The molecular weight excluding hydrogens is 956 g/mol. The number of rotatable bonds is 6. The SMILES string of the molecule is Cc1cccc(C(F)(F)F)c1-c1ccc(-n2c3ccccc3c3c2ccc2c4ccccc4n(-c4ccccc4)c23)cc1-c1cc(C#N)ccc1-n1c2ccccc2c2c1ccc1c3ccccc3n(-c3ccccc3)c12. The van der Waals surface area contributed by atoms with Crippen molar-refractivity contribution >= 4 is 87.2 Å². The third-order valence-electron chi connectivity index (χ3n) is 15.7. The zero-order chi connectivity index (χ0) is 51.7. The van der Waals surface area contributed by atoms with E-state index < -0.39 is 11.7 Å². The predicted molar refractivity (Wildman–Crippen MR) is 309 cm³/mol. The van der Waals surface area contributed by atoms with E-state index in [2.05, 4.69) is 182 Å². The maximum atomic E-state index is 15.5. The van der Waals surface area contributed by atoms with Crippen LogP contribution in [0.5, 0.6) is 0 Å². The summed E-state index contributed by atoms with van der Waals surface area (Å²) in [6.07, 6.45) is -4.67. The van der Waals surface area contributed by atoms with Crippen LogP contribution < -0.4 is 0 Å². The third-order valence-corrected chi connectivity index (χ3v) is 15.7. The monoisotopic (exact) mass is 997 g/mol. The third kappa shape index (κ3) is 6.47. The summed E-state index contributed by atoms with van der Waals surface area (Å²) in [4.78, 5) is 0. The van der Waals surface area contributed by atoms with Crippen LogP contribution in [0.2, 0.25) is 0 Å². The summed E-state index contributed by atoms with van der Waals surface area (Å²) >= 11 is 0. The molecule has 4 heterocycles. The van der Waals surface area contributed by atoms with E-state index in [1.54, 1.807) is 19.1 Å². The molecule has 0 aliphatic carbocycles. The Labute approximate surface area is 439 Å². The van der Waals surface area contributed by atoms with Gasteiger partial charge in [-0.1, -0.05) is 140 Å². The van der Waals surface area contributed by atoms with Crippen LogP contribution in [0.3, 0.4) is 0 Å². The Balaban J connectivity index is 1.07. The summed E-state index contributed by atoms with van der Waals surface area (Å²) in [6, 6.07) is 81.3. The van der Waals surface area contributed by atoms with Gasteiger partial charge in [0.25, 0.3) is 0 Å². The molecule has 77 heavy (non-hydrogen) atoms. The molecule has 8 heteroatoms. The Morgan fingerprint density at radius 2 is 0.857 bits per heavy atom. The Bertz CT molecular complexity index is 4990. The van der Waals surface area contributed by atoms with E-state index in [9.17, 15) is 5.26 Å². The summed E-state index contributed by atoms with van der Waals surface area (Å²) in [5, 5.41) is 19.4. The second-order valence-corrected chi connectivity index (χ2v) is 19.9. The number of para-hydroxylation sites is 6. The Hall–Kier alpha value is -10.1. The molecule has 0 atom stereocenters. The number of fused-ring (bicyclic) bond motifs is 14. The van der Waals surface area contributed by atoms with Crippen molar-refractivity contribution in [1.29, 1.82) is 5.26 Å². The first kappa shape index (κ1) is 44.4. The minimum atomic E-state index is -4.67. The first-order valence-electron chi connectivity index (χ1n) is 25.6. The molecule has 11 aromatic carbocycles. The van der Waals surface area contributed by atoms with Crippen molar-refractivity contribution < 1.29 is 13.2 Å². The lowest BCUT2D eigenvalue weighted by Crippen LogP contribution is -2.09. The van der Waals surface area contributed by atoms with E-state index in [4.69, 9.17) is 0 Å². The van der Waals surface area contributed by atoms with Crippen molar-refractivity contribution in [3.05, 3.63) is 253 Å². The van der Waals surface area contributed by atoms with E-state index in [0.29, 0.717) is 33.5 Å². The average Bonchev–Trinajstić information content (AvgIpc) is 4.35. The van der Waals surface area contributed by atoms with Crippen LogP contribution in [0, 0.1) is 18.3 Å². The van der Waals surface area contributed by atoms with Crippen LogP contribution in [0.25, 0.3) is 132 Å². The first-order valence-corrected chi connectivity index (χ1v) is 25.6. The highest BCUT2D eigenvalue weighted by molar-refractivity contribution is 6.28. The van der Waals surface area contributed by atoms with Crippen molar-refractivity contribution in [2.45, 2.75) is 13.1 Å². The van der Waals surface area contributed by atoms with Crippen molar-refractivity contribution in [1.82, 2.24) is 18.3 Å². The molecular formula is C69H42F3N5. The number of nitriles is 1. The molecule has 0 saturated heterocycles. The lowest BCUT2D eigenvalue weighted by atomic mass is 9.87. The summed E-state index contributed by atoms with van der Waals surface area (Å²) in [5.41, 5.74) is 13.3. The number of aromatic nitrogens is 4. The van der Waals surface area contributed by atoms with Crippen LogP contribution in [0.4, 0.5) is 13.2 Å². The fraction of sp³-hybridized carbons (Fsp3) is 0.0290. The van der Waals surface area contributed by atoms with Crippen LogP contribution in [0.15, 0.2) is 237 Å². The predicted octanol–water partition coefficient (Wildman–Crippen LogP) is 18.6. The van der Waals surface area contributed by atoms with E-state index in [-0.39, 0.29) is 5.56 Å². The molecule has 0 unspecified atom stereocenters. The number of halogens is 3. The van der Waals surface area contributed by atoms with Gasteiger partial charge in [-0.05, 0) is 126 Å². The number of aryl methyl sites for hydroxylation is 1. The number of nitrogens with zero attached hydrogens (tertiary/aromatic N) is 5. The minimum Gasteiger partial charge on any atom is -0.309 e. The molecule has 0 aliphatic heterocycles. The minimum absolute atomic E-state index is 0.0856. The van der Waals surface area contributed by atoms with Gasteiger partial charge in [0, 0.05) is 65.7 Å². The topological polar surface area (TPSA) is 43.5 Å². The fourth-order valence-electron chi connectivity index (χ4n) is 12.6. The van der Waals surface area contributed by atoms with Crippen LogP contribution >= 0.6 is 0 Å². The van der Waals surface area contributed by atoms with E-state index in [1.807, 2.05) is 54.6 Å². The van der Waals surface area contributed by atoms with Crippen molar-refractivity contribution in [3.63, 3.8) is 0 Å². The average molecular weight is 998 g/mol. The zero-order valence-electron chi connectivity index (χ0n) is 41.4. The summed E-state index contributed by atoms with van der Waals surface area (Å²) in [6.45, 7) is 1.74. The molecule has 364 valence electrons. The smallest absolute Gasteiger partial charge is 0.309 e. The number of alkyl halides is 3. The van der Waals surface area contributed by atoms with Crippen molar-refractivity contribution in [2.24, 2.45) is 0 Å². The Morgan fingerprint density at radius 1 is 0.364 bits per heavy atom. The standard InChI is InChI=1S/C69H42F3N5/c1-42-17-16-26-56(69(70,71)72)64(42)49-33-32-46(74-59-29-14-10-24-52(59)65-62(74)37-34-50-47-22-8-12-27-57(47)75(67(50)65)44-18-4-2-5-19-44)40-54(49)55-39-43(41-73)31-36-61(55)77-60-30-15-11-25-53(60)66-63(77)38-35-51-48-23-9-13-28-58(48)76(68(51)66)45-20-6-3-7-21-45/h2-40H,1H3. The lowest BCUT2D eigenvalue weighted by molar-refractivity contribution is -0.137. The highest BCUT2D eigenvalue weighted by Crippen LogP contribution is 2.49. The number of hydrogen-bond donors (Lipinski definition) is 0. The quantitative estimate of drug-likeness (QED) is 0.164.